The molecule has 3 aliphatic heterocycles. The molecular weight excluding hydrogens is 410 g/mol. The highest BCUT2D eigenvalue weighted by Crippen LogP contribution is 2.40. The molecule has 1 saturated heterocycles. The standard InChI is InChI=1S/C17H29N3S3.C2H6.CH2O2/c1-6-13-19-12(9-21-13)14-18-11(8-22-14)7-16(2,3)15-20-17(4,5)10-23-15;1-2;2-1-3/h11-12,14,18H,6-10H2,1-5H3;1-2H3;1H,(H,2,3). The third-order valence-electron chi connectivity index (χ3n) is 4.56. The quantitative estimate of drug-likeness (QED) is 0.577. The summed E-state index contributed by atoms with van der Waals surface area (Å²) in [4.78, 5) is 18.2. The molecule has 0 spiro atoms. The average molecular weight is 448 g/mol. The van der Waals surface area contributed by atoms with Crippen molar-refractivity contribution in [1.82, 2.24) is 5.32 Å². The normalized spacial score (nSPS) is 28.5. The van der Waals surface area contributed by atoms with Gasteiger partial charge in [0.05, 0.1) is 27.0 Å². The van der Waals surface area contributed by atoms with Crippen LogP contribution in [0.3, 0.4) is 0 Å². The van der Waals surface area contributed by atoms with Crippen molar-refractivity contribution in [1.29, 1.82) is 0 Å². The number of carboxylic acid groups (broad SMARTS) is 1. The van der Waals surface area contributed by atoms with Crippen molar-refractivity contribution in [2.45, 2.75) is 84.3 Å². The highest BCUT2D eigenvalue weighted by atomic mass is 32.2. The van der Waals surface area contributed by atoms with E-state index in [0.29, 0.717) is 17.5 Å². The van der Waals surface area contributed by atoms with Crippen molar-refractivity contribution >= 4 is 51.8 Å². The SMILES string of the molecule is CC.CCC1=NC(C2NC(CC(C)(C)C3=NC(C)(C)CS3)CS2)CS1.O=CO. The molecule has 3 heterocycles. The summed E-state index contributed by atoms with van der Waals surface area (Å²) in [6.07, 6.45) is 2.25. The number of nitrogens with zero attached hydrogens (tertiary/aromatic N) is 2. The van der Waals surface area contributed by atoms with Gasteiger partial charge in [-0.25, -0.2) is 0 Å². The van der Waals surface area contributed by atoms with Gasteiger partial charge in [-0.2, -0.15) is 0 Å². The molecule has 28 heavy (non-hydrogen) atoms. The molecule has 1 fully saturated rings. The number of carbonyl (C=O) groups is 1. The van der Waals surface area contributed by atoms with E-state index in [9.17, 15) is 0 Å². The average Bonchev–Trinajstić information content (AvgIpc) is 3.36. The number of thioether (sulfide) groups is 3. The van der Waals surface area contributed by atoms with Gasteiger partial charge >= 0.3 is 0 Å². The highest BCUT2D eigenvalue weighted by Gasteiger charge is 2.39. The van der Waals surface area contributed by atoms with Crippen LogP contribution in [0.5, 0.6) is 0 Å². The molecule has 8 heteroatoms. The second kappa shape index (κ2) is 11.9. The number of hydrogen-bond donors (Lipinski definition) is 2. The van der Waals surface area contributed by atoms with E-state index >= 15 is 0 Å². The monoisotopic (exact) mass is 447 g/mol. The number of rotatable bonds is 5. The van der Waals surface area contributed by atoms with Crippen molar-refractivity contribution in [2.75, 3.05) is 17.3 Å². The Morgan fingerprint density at radius 2 is 1.93 bits per heavy atom. The first kappa shape index (κ1) is 25.9. The first-order chi connectivity index (χ1) is 13.2. The molecule has 2 N–H and O–H groups in total. The predicted octanol–water partition coefficient (Wildman–Crippen LogP) is 5.01. The van der Waals surface area contributed by atoms with E-state index in [1.807, 2.05) is 37.4 Å². The summed E-state index contributed by atoms with van der Waals surface area (Å²) in [5.74, 6) is 3.48. The summed E-state index contributed by atoms with van der Waals surface area (Å²) < 4.78 is 0. The number of nitrogens with one attached hydrogen (secondary N) is 1. The molecule has 0 bridgehead atoms. The van der Waals surface area contributed by atoms with Crippen LogP contribution < -0.4 is 5.32 Å². The summed E-state index contributed by atoms with van der Waals surface area (Å²) in [6, 6.07) is 1.04. The molecule has 162 valence electrons. The second-order valence-electron chi connectivity index (χ2n) is 8.08. The van der Waals surface area contributed by atoms with Crippen LogP contribution >= 0.6 is 35.3 Å². The van der Waals surface area contributed by atoms with E-state index < -0.39 is 0 Å². The van der Waals surface area contributed by atoms with Crippen LogP contribution in [0.25, 0.3) is 0 Å². The second-order valence-corrected chi connectivity index (χ2v) is 11.3. The van der Waals surface area contributed by atoms with E-state index in [4.69, 9.17) is 19.9 Å². The van der Waals surface area contributed by atoms with Crippen molar-refractivity contribution in [2.24, 2.45) is 15.4 Å². The summed E-state index contributed by atoms with van der Waals surface area (Å²) in [5.41, 5.74) is 0.290. The van der Waals surface area contributed by atoms with Gasteiger partial charge in [-0.1, -0.05) is 34.6 Å². The van der Waals surface area contributed by atoms with Gasteiger partial charge < -0.3 is 5.11 Å². The van der Waals surface area contributed by atoms with Gasteiger partial charge in [0, 0.05) is 28.7 Å². The lowest BCUT2D eigenvalue weighted by Gasteiger charge is -2.28. The molecule has 3 aliphatic rings. The van der Waals surface area contributed by atoms with E-state index in [1.54, 1.807) is 0 Å². The van der Waals surface area contributed by atoms with Crippen molar-refractivity contribution < 1.29 is 9.90 Å². The molecule has 5 nitrogen and oxygen atoms in total. The Morgan fingerprint density at radius 3 is 2.43 bits per heavy atom. The fourth-order valence-corrected chi connectivity index (χ4v) is 7.14. The molecule has 0 aliphatic carbocycles. The Kier molecular flexibility index (Phi) is 11.0. The first-order valence-corrected chi connectivity index (χ1v) is 13.1. The van der Waals surface area contributed by atoms with Gasteiger partial charge in [-0.15, -0.1) is 35.3 Å². The molecule has 0 radical (unpaired) electrons. The van der Waals surface area contributed by atoms with Crippen LogP contribution in [0.15, 0.2) is 9.98 Å². The summed E-state index contributed by atoms with van der Waals surface area (Å²) in [5, 5.41) is 13.9. The maximum absolute atomic E-state index is 8.36. The van der Waals surface area contributed by atoms with Crippen molar-refractivity contribution in [3.63, 3.8) is 0 Å². The van der Waals surface area contributed by atoms with Gasteiger partial charge in [-0.05, 0) is 26.7 Å². The minimum Gasteiger partial charge on any atom is -0.483 e. The van der Waals surface area contributed by atoms with Gasteiger partial charge in [0.2, 0.25) is 0 Å². The molecule has 0 aromatic carbocycles. The van der Waals surface area contributed by atoms with E-state index in [-0.39, 0.29) is 17.4 Å². The maximum Gasteiger partial charge on any atom is 0.290 e. The highest BCUT2D eigenvalue weighted by molar-refractivity contribution is 8.14. The molecule has 3 unspecified atom stereocenters. The Bertz CT molecular complexity index is 565. The van der Waals surface area contributed by atoms with Crippen molar-refractivity contribution in [3.05, 3.63) is 0 Å². The lowest BCUT2D eigenvalue weighted by Crippen LogP contribution is -2.40. The van der Waals surface area contributed by atoms with E-state index in [2.05, 4.69) is 51.7 Å². The fourth-order valence-electron chi connectivity index (χ4n) is 3.31. The molecule has 0 aromatic heterocycles. The molecule has 0 aromatic rings. The van der Waals surface area contributed by atoms with Crippen LogP contribution in [-0.2, 0) is 4.79 Å². The molecule has 0 saturated carbocycles. The smallest absolute Gasteiger partial charge is 0.290 e. The molecule has 3 atom stereocenters. The summed E-state index contributed by atoms with van der Waals surface area (Å²) >= 11 is 5.97. The van der Waals surface area contributed by atoms with Crippen LogP contribution in [-0.4, -0.2) is 61.9 Å². The third kappa shape index (κ3) is 7.58. The van der Waals surface area contributed by atoms with Crippen LogP contribution in [0.4, 0.5) is 0 Å². The topological polar surface area (TPSA) is 74.0 Å². The third-order valence-corrected chi connectivity index (χ3v) is 8.97. The van der Waals surface area contributed by atoms with Gasteiger partial charge in [0.15, 0.2) is 0 Å². The van der Waals surface area contributed by atoms with Gasteiger partial charge in [0.25, 0.3) is 6.47 Å². The Labute approximate surface area is 183 Å². The Hall–Kier alpha value is -0.180. The lowest BCUT2D eigenvalue weighted by atomic mass is 9.86. The number of hydrogen-bond acceptors (Lipinski definition) is 7. The van der Waals surface area contributed by atoms with Crippen LogP contribution in [0.1, 0.15) is 61.3 Å². The van der Waals surface area contributed by atoms with E-state index in [1.165, 1.54) is 22.3 Å². The van der Waals surface area contributed by atoms with Gasteiger partial charge in [0.1, 0.15) is 0 Å². The zero-order valence-corrected chi connectivity index (χ0v) is 20.8. The zero-order valence-electron chi connectivity index (χ0n) is 18.3. The number of aliphatic imine (C=N–C) groups is 2. The molecule has 0 amide bonds. The predicted molar refractivity (Wildman–Crippen MR) is 130 cm³/mol. The largest absolute Gasteiger partial charge is 0.483 e. The fraction of sp³-hybridized carbons (Fsp3) is 0.850. The Balaban J connectivity index is 0.000000717. The van der Waals surface area contributed by atoms with Crippen LogP contribution in [0.2, 0.25) is 0 Å². The summed E-state index contributed by atoms with van der Waals surface area (Å²) in [6.45, 7) is 15.2. The minimum absolute atomic E-state index is 0.115. The zero-order chi connectivity index (χ0) is 21.4. The lowest BCUT2D eigenvalue weighted by molar-refractivity contribution is -0.122. The van der Waals surface area contributed by atoms with Crippen molar-refractivity contribution in [3.8, 4) is 0 Å². The first-order valence-electron chi connectivity index (χ1n) is 10.1. The van der Waals surface area contributed by atoms with Crippen LogP contribution in [0, 0.1) is 5.41 Å². The molecule has 3 rings (SSSR count). The summed E-state index contributed by atoms with van der Waals surface area (Å²) in [7, 11) is 0. The van der Waals surface area contributed by atoms with Gasteiger partial charge in [-0.3, -0.25) is 20.1 Å². The minimum atomic E-state index is -0.250. The molecular formula is C20H37N3O2S3. The maximum atomic E-state index is 8.36. The van der Waals surface area contributed by atoms with E-state index in [0.717, 1.165) is 17.9 Å². The Morgan fingerprint density at radius 1 is 1.29 bits per heavy atom.